The predicted octanol–water partition coefficient (Wildman–Crippen LogP) is 1.73. The number of hydrogen-bond donors (Lipinski definition) is 1. The van der Waals surface area contributed by atoms with Crippen LogP contribution in [0.3, 0.4) is 0 Å². The number of carbonyl (C=O) groups excluding carboxylic acids is 1. The van der Waals surface area contributed by atoms with Gasteiger partial charge in [-0.05, 0) is 31.9 Å². The monoisotopic (exact) mass is 345 g/mol. The zero-order chi connectivity index (χ0) is 17.3. The average molecular weight is 345 g/mol. The molecule has 5 nitrogen and oxygen atoms in total. The summed E-state index contributed by atoms with van der Waals surface area (Å²) in [5.41, 5.74) is 8.04. The molecule has 1 aliphatic heterocycles. The first-order chi connectivity index (χ1) is 11.5. The minimum absolute atomic E-state index is 0.00474. The molecule has 1 amide bonds. The number of hydrogen-bond acceptors (Lipinski definition) is 4. The number of thiazole rings is 1. The van der Waals surface area contributed by atoms with E-state index in [-0.39, 0.29) is 29.2 Å². The van der Waals surface area contributed by atoms with Gasteiger partial charge in [-0.1, -0.05) is 41.7 Å². The van der Waals surface area contributed by atoms with Crippen LogP contribution < -0.4 is 10.6 Å². The first kappa shape index (κ1) is 16.9. The van der Waals surface area contributed by atoms with Gasteiger partial charge in [-0.2, -0.15) is 0 Å². The lowest BCUT2D eigenvalue weighted by molar-refractivity contribution is -0.131. The van der Waals surface area contributed by atoms with Crippen molar-refractivity contribution in [1.29, 1.82) is 0 Å². The normalized spacial score (nSPS) is 20.5. The Balaban J connectivity index is 1.76. The van der Waals surface area contributed by atoms with Crippen molar-refractivity contribution in [2.24, 2.45) is 11.7 Å². The molecule has 1 aromatic carbocycles. The maximum Gasteiger partial charge on any atom is 0.308 e. The molecule has 0 bridgehead atoms. The maximum atomic E-state index is 12.7. The van der Waals surface area contributed by atoms with E-state index in [9.17, 15) is 9.59 Å². The Kier molecular flexibility index (Phi) is 4.87. The molecular weight excluding hydrogens is 322 g/mol. The number of likely N-dealkylation sites (tertiary alicyclic amines) is 1. The number of rotatable bonds is 4. The van der Waals surface area contributed by atoms with Crippen LogP contribution in [-0.2, 0) is 11.3 Å². The Bertz CT molecular complexity index is 781. The van der Waals surface area contributed by atoms with Gasteiger partial charge in [-0.25, -0.2) is 0 Å². The van der Waals surface area contributed by atoms with Crippen molar-refractivity contribution in [3.63, 3.8) is 0 Å². The van der Waals surface area contributed by atoms with E-state index in [2.05, 4.69) is 12.1 Å². The topological polar surface area (TPSA) is 68.3 Å². The number of aromatic nitrogens is 1. The van der Waals surface area contributed by atoms with Gasteiger partial charge in [0.05, 0.1) is 0 Å². The summed E-state index contributed by atoms with van der Waals surface area (Å²) in [5, 5.41) is 0. The zero-order valence-electron chi connectivity index (χ0n) is 14.1. The SMILES string of the molecule is Cc1sc(=O)n(CC(=O)N2C[C@@H](CN)[C@H](c3ccccc3)C2)c1C. The number of nitrogens with zero attached hydrogens (tertiary/aromatic N) is 2. The minimum Gasteiger partial charge on any atom is -0.340 e. The van der Waals surface area contributed by atoms with Gasteiger partial charge in [-0.15, -0.1) is 0 Å². The standard InChI is InChI=1S/C18H23N3O2S/c1-12-13(2)24-18(23)21(12)11-17(22)20-9-15(8-19)16(10-20)14-6-4-3-5-7-14/h3-7,15-16H,8-11,19H2,1-2H3/t15-,16+/m1/s1. The van der Waals surface area contributed by atoms with Crippen LogP contribution in [0.15, 0.2) is 35.1 Å². The Labute approximate surface area is 145 Å². The molecule has 2 atom stereocenters. The van der Waals surface area contributed by atoms with E-state index in [0.29, 0.717) is 19.6 Å². The van der Waals surface area contributed by atoms with Gasteiger partial charge >= 0.3 is 4.87 Å². The molecule has 128 valence electrons. The van der Waals surface area contributed by atoms with Gasteiger partial charge in [-0.3, -0.25) is 14.2 Å². The molecule has 3 rings (SSSR count). The third-order valence-electron chi connectivity index (χ3n) is 4.99. The Morgan fingerprint density at radius 1 is 1.25 bits per heavy atom. The molecule has 1 aromatic heterocycles. The van der Waals surface area contributed by atoms with Crippen molar-refractivity contribution in [1.82, 2.24) is 9.47 Å². The summed E-state index contributed by atoms with van der Waals surface area (Å²) >= 11 is 1.20. The first-order valence-electron chi connectivity index (χ1n) is 8.21. The summed E-state index contributed by atoms with van der Waals surface area (Å²) in [5.74, 6) is 0.524. The van der Waals surface area contributed by atoms with E-state index in [1.807, 2.05) is 36.9 Å². The van der Waals surface area contributed by atoms with Gasteiger partial charge in [0.1, 0.15) is 6.54 Å². The quantitative estimate of drug-likeness (QED) is 0.917. The van der Waals surface area contributed by atoms with E-state index >= 15 is 0 Å². The van der Waals surface area contributed by atoms with Crippen molar-refractivity contribution in [3.8, 4) is 0 Å². The molecule has 2 aromatic rings. The molecule has 0 aliphatic carbocycles. The molecule has 0 spiro atoms. The lowest BCUT2D eigenvalue weighted by Gasteiger charge is -2.17. The molecule has 0 radical (unpaired) electrons. The molecule has 2 heterocycles. The second-order valence-corrected chi connectivity index (χ2v) is 7.57. The summed E-state index contributed by atoms with van der Waals surface area (Å²) in [6, 6.07) is 10.2. The van der Waals surface area contributed by atoms with E-state index in [1.54, 1.807) is 4.57 Å². The van der Waals surface area contributed by atoms with Crippen molar-refractivity contribution in [2.75, 3.05) is 19.6 Å². The smallest absolute Gasteiger partial charge is 0.308 e. The summed E-state index contributed by atoms with van der Waals surface area (Å²) in [6.45, 7) is 5.80. The highest BCUT2D eigenvalue weighted by Gasteiger charge is 2.35. The molecule has 1 saturated heterocycles. The van der Waals surface area contributed by atoms with E-state index in [1.165, 1.54) is 16.9 Å². The third-order valence-corrected chi connectivity index (χ3v) is 5.99. The molecular formula is C18H23N3O2S. The Morgan fingerprint density at radius 3 is 2.54 bits per heavy atom. The van der Waals surface area contributed by atoms with Crippen LogP contribution in [0.2, 0.25) is 0 Å². The van der Waals surface area contributed by atoms with E-state index < -0.39 is 0 Å². The molecule has 0 unspecified atom stereocenters. The molecule has 2 N–H and O–H groups in total. The summed E-state index contributed by atoms with van der Waals surface area (Å²) in [6.07, 6.45) is 0. The maximum absolute atomic E-state index is 12.7. The van der Waals surface area contributed by atoms with Crippen LogP contribution >= 0.6 is 11.3 Å². The molecule has 0 saturated carbocycles. The van der Waals surface area contributed by atoms with Gasteiger partial charge in [0.25, 0.3) is 0 Å². The van der Waals surface area contributed by atoms with Crippen LogP contribution in [0, 0.1) is 19.8 Å². The highest BCUT2D eigenvalue weighted by molar-refractivity contribution is 7.09. The largest absolute Gasteiger partial charge is 0.340 e. The predicted molar refractivity (Wildman–Crippen MR) is 96.4 cm³/mol. The van der Waals surface area contributed by atoms with Crippen molar-refractivity contribution in [3.05, 3.63) is 56.1 Å². The molecule has 24 heavy (non-hydrogen) atoms. The van der Waals surface area contributed by atoms with E-state index in [0.717, 1.165) is 10.6 Å². The highest BCUT2D eigenvalue weighted by atomic mass is 32.1. The van der Waals surface area contributed by atoms with Crippen LogP contribution in [0.25, 0.3) is 0 Å². The number of aryl methyl sites for hydroxylation is 1. The fourth-order valence-corrected chi connectivity index (χ4v) is 4.23. The second kappa shape index (κ2) is 6.91. The third kappa shape index (κ3) is 3.16. The van der Waals surface area contributed by atoms with Gasteiger partial charge in [0, 0.05) is 29.6 Å². The lowest BCUT2D eigenvalue weighted by Crippen LogP contribution is -2.35. The number of nitrogens with two attached hydrogens (primary N) is 1. The molecule has 1 fully saturated rings. The fraction of sp³-hybridized carbons (Fsp3) is 0.444. The zero-order valence-corrected chi connectivity index (χ0v) is 14.9. The van der Waals surface area contributed by atoms with Crippen LogP contribution in [0.4, 0.5) is 0 Å². The van der Waals surface area contributed by atoms with Crippen molar-refractivity contribution < 1.29 is 4.79 Å². The van der Waals surface area contributed by atoms with Crippen molar-refractivity contribution in [2.45, 2.75) is 26.3 Å². The van der Waals surface area contributed by atoms with Gasteiger partial charge in [0.15, 0.2) is 0 Å². The van der Waals surface area contributed by atoms with Gasteiger partial charge < -0.3 is 10.6 Å². The van der Waals surface area contributed by atoms with Crippen LogP contribution in [0.5, 0.6) is 0 Å². The Hall–Kier alpha value is -1.92. The second-order valence-electron chi connectivity index (χ2n) is 6.41. The van der Waals surface area contributed by atoms with Crippen molar-refractivity contribution >= 4 is 17.2 Å². The van der Waals surface area contributed by atoms with Crippen LogP contribution in [-0.4, -0.2) is 35.0 Å². The molecule has 1 aliphatic rings. The summed E-state index contributed by atoms with van der Waals surface area (Å²) in [4.78, 5) is 27.5. The lowest BCUT2D eigenvalue weighted by atomic mass is 9.89. The number of amides is 1. The van der Waals surface area contributed by atoms with Gasteiger partial charge in [0.2, 0.25) is 5.91 Å². The van der Waals surface area contributed by atoms with Crippen LogP contribution in [0.1, 0.15) is 22.1 Å². The summed E-state index contributed by atoms with van der Waals surface area (Å²) < 4.78 is 1.58. The first-order valence-corrected chi connectivity index (χ1v) is 9.02. The number of carbonyl (C=O) groups is 1. The minimum atomic E-state index is -0.0625. The Morgan fingerprint density at radius 2 is 1.96 bits per heavy atom. The highest BCUT2D eigenvalue weighted by Crippen LogP contribution is 2.32. The fourth-order valence-electron chi connectivity index (χ4n) is 3.40. The molecule has 6 heteroatoms. The average Bonchev–Trinajstić information content (AvgIpc) is 3.12. The van der Waals surface area contributed by atoms with E-state index in [4.69, 9.17) is 5.73 Å². The summed E-state index contributed by atoms with van der Waals surface area (Å²) in [7, 11) is 0. The number of benzene rings is 1.